The van der Waals surface area contributed by atoms with Crippen LogP contribution in [0.4, 0.5) is 17.1 Å². The fourth-order valence-corrected chi connectivity index (χ4v) is 2.36. The highest BCUT2D eigenvalue weighted by atomic mass is 16.5. The van der Waals surface area contributed by atoms with Crippen LogP contribution in [0.5, 0.6) is 5.75 Å². The molecule has 3 heteroatoms. The van der Waals surface area contributed by atoms with Crippen molar-refractivity contribution in [1.29, 1.82) is 0 Å². The summed E-state index contributed by atoms with van der Waals surface area (Å²) < 4.78 is 5.79. The number of ether oxygens (including phenoxy) is 1. The molecule has 0 saturated carbocycles. The minimum atomic E-state index is 0.533. The summed E-state index contributed by atoms with van der Waals surface area (Å²) in [5.74, 6) is 0.765. The molecule has 0 spiro atoms. The van der Waals surface area contributed by atoms with Gasteiger partial charge >= 0.3 is 0 Å². The van der Waals surface area contributed by atoms with Gasteiger partial charge in [0.2, 0.25) is 0 Å². The maximum absolute atomic E-state index is 6.13. The van der Waals surface area contributed by atoms with Crippen molar-refractivity contribution in [3.63, 3.8) is 0 Å². The Morgan fingerprint density at radius 2 is 1.74 bits per heavy atom. The smallest absolute Gasteiger partial charge is 0.122 e. The predicted octanol–water partition coefficient (Wildman–Crippen LogP) is 4.90. The van der Waals surface area contributed by atoms with Crippen LogP contribution in [0.2, 0.25) is 0 Å². The average Bonchev–Trinajstić information content (AvgIpc) is 2.56. The quantitative estimate of drug-likeness (QED) is 0.659. The molecule has 0 bridgehead atoms. The SMILES string of the molecule is Cc1cccc(Nc2ccc(OCc3ccccc3)cc2N)c1. The number of hydrogen-bond acceptors (Lipinski definition) is 3. The van der Waals surface area contributed by atoms with Gasteiger partial charge in [0, 0.05) is 11.8 Å². The third-order valence-corrected chi connectivity index (χ3v) is 3.57. The van der Waals surface area contributed by atoms with Crippen molar-refractivity contribution >= 4 is 17.1 Å². The standard InChI is InChI=1S/C20H20N2O/c1-15-6-5-9-17(12-15)22-20-11-10-18(13-19(20)21)23-14-16-7-3-2-4-8-16/h2-13,22H,14,21H2,1H3. The fraction of sp³-hybridized carbons (Fsp3) is 0.100. The van der Waals surface area contributed by atoms with Gasteiger partial charge in [-0.25, -0.2) is 0 Å². The highest BCUT2D eigenvalue weighted by Crippen LogP contribution is 2.28. The zero-order chi connectivity index (χ0) is 16.1. The van der Waals surface area contributed by atoms with Crippen molar-refractivity contribution in [3.05, 3.63) is 83.9 Å². The van der Waals surface area contributed by atoms with Gasteiger partial charge in [0.05, 0.1) is 11.4 Å². The van der Waals surface area contributed by atoms with Gasteiger partial charge in [-0.15, -0.1) is 0 Å². The van der Waals surface area contributed by atoms with E-state index in [0.717, 1.165) is 22.7 Å². The Bertz CT molecular complexity index is 785. The van der Waals surface area contributed by atoms with Crippen LogP contribution < -0.4 is 15.8 Å². The topological polar surface area (TPSA) is 47.3 Å². The number of anilines is 3. The zero-order valence-electron chi connectivity index (χ0n) is 13.1. The number of benzene rings is 3. The van der Waals surface area contributed by atoms with Gasteiger partial charge < -0.3 is 15.8 Å². The van der Waals surface area contributed by atoms with E-state index in [9.17, 15) is 0 Å². The second-order valence-corrected chi connectivity index (χ2v) is 5.52. The summed E-state index contributed by atoms with van der Waals surface area (Å²) in [4.78, 5) is 0. The predicted molar refractivity (Wildman–Crippen MR) is 96.1 cm³/mol. The monoisotopic (exact) mass is 304 g/mol. The Hall–Kier alpha value is -2.94. The minimum Gasteiger partial charge on any atom is -0.489 e. The van der Waals surface area contributed by atoms with Crippen LogP contribution >= 0.6 is 0 Å². The second-order valence-electron chi connectivity index (χ2n) is 5.52. The van der Waals surface area contributed by atoms with Gasteiger partial charge in [0.25, 0.3) is 0 Å². The molecule has 0 aromatic heterocycles. The van der Waals surface area contributed by atoms with Gasteiger partial charge in [0.15, 0.2) is 0 Å². The van der Waals surface area contributed by atoms with E-state index < -0.39 is 0 Å². The molecule has 0 heterocycles. The lowest BCUT2D eigenvalue weighted by molar-refractivity contribution is 0.306. The van der Waals surface area contributed by atoms with E-state index in [1.165, 1.54) is 5.56 Å². The van der Waals surface area contributed by atoms with Crippen LogP contribution in [0.1, 0.15) is 11.1 Å². The first-order chi connectivity index (χ1) is 11.2. The Morgan fingerprint density at radius 3 is 2.48 bits per heavy atom. The van der Waals surface area contributed by atoms with Crippen molar-refractivity contribution in [2.24, 2.45) is 0 Å². The largest absolute Gasteiger partial charge is 0.489 e. The van der Waals surface area contributed by atoms with E-state index in [0.29, 0.717) is 12.3 Å². The molecule has 0 fully saturated rings. The molecule has 0 amide bonds. The first-order valence-electron chi connectivity index (χ1n) is 7.61. The van der Waals surface area contributed by atoms with Gasteiger partial charge in [-0.05, 0) is 42.3 Å². The van der Waals surface area contributed by atoms with Crippen molar-refractivity contribution in [2.45, 2.75) is 13.5 Å². The highest BCUT2D eigenvalue weighted by Gasteiger charge is 2.03. The highest BCUT2D eigenvalue weighted by molar-refractivity contribution is 5.74. The van der Waals surface area contributed by atoms with Crippen LogP contribution in [-0.2, 0) is 6.61 Å². The van der Waals surface area contributed by atoms with Crippen molar-refractivity contribution < 1.29 is 4.74 Å². The van der Waals surface area contributed by atoms with Crippen LogP contribution in [0.25, 0.3) is 0 Å². The van der Waals surface area contributed by atoms with E-state index in [1.807, 2.05) is 60.7 Å². The van der Waals surface area contributed by atoms with Crippen molar-refractivity contribution in [3.8, 4) is 5.75 Å². The summed E-state index contributed by atoms with van der Waals surface area (Å²) in [6.45, 7) is 2.60. The van der Waals surface area contributed by atoms with Crippen molar-refractivity contribution in [1.82, 2.24) is 0 Å². The third kappa shape index (κ3) is 4.04. The van der Waals surface area contributed by atoms with Crippen LogP contribution in [-0.4, -0.2) is 0 Å². The molecule has 0 aliphatic rings. The first-order valence-corrected chi connectivity index (χ1v) is 7.61. The molecular weight excluding hydrogens is 284 g/mol. The number of hydrogen-bond donors (Lipinski definition) is 2. The molecule has 3 aromatic rings. The Labute approximate surface area is 136 Å². The van der Waals surface area contributed by atoms with E-state index in [1.54, 1.807) is 0 Å². The lowest BCUT2D eigenvalue weighted by atomic mass is 10.2. The number of nitrogens with one attached hydrogen (secondary N) is 1. The zero-order valence-corrected chi connectivity index (χ0v) is 13.1. The summed E-state index contributed by atoms with van der Waals surface area (Å²) in [6, 6.07) is 24.0. The molecular formula is C20H20N2O. The normalized spacial score (nSPS) is 10.3. The van der Waals surface area contributed by atoms with Gasteiger partial charge in [-0.1, -0.05) is 42.5 Å². The molecule has 0 atom stereocenters. The molecule has 3 nitrogen and oxygen atoms in total. The molecule has 0 aliphatic heterocycles. The molecule has 23 heavy (non-hydrogen) atoms. The number of rotatable bonds is 5. The third-order valence-electron chi connectivity index (χ3n) is 3.57. The van der Waals surface area contributed by atoms with E-state index in [2.05, 4.69) is 24.4 Å². The van der Waals surface area contributed by atoms with E-state index in [4.69, 9.17) is 10.5 Å². The molecule has 0 radical (unpaired) electrons. The second kappa shape index (κ2) is 6.88. The summed E-state index contributed by atoms with van der Waals surface area (Å²) >= 11 is 0. The molecule has 3 N–H and O–H groups in total. The van der Waals surface area contributed by atoms with Gasteiger partial charge in [-0.3, -0.25) is 0 Å². The van der Waals surface area contributed by atoms with Gasteiger partial charge in [-0.2, -0.15) is 0 Å². The van der Waals surface area contributed by atoms with E-state index in [-0.39, 0.29) is 0 Å². The fourth-order valence-electron chi connectivity index (χ4n) is 2.36. The Balaban J connectivity index is 1.68. The first kappa shape index (κ1) is 15.0. The number of nitrogens with two attached hydrogens (primary N) is 1. The lowest BCUT2D eigenvalue weighted by Gasteiger charge is -2.12. The minimum absolute atomic E-state index is 0.533. The van der Waals surface area contributed by atoms with Gasteiger partial charge in [0.1, 0.15) is 12.4 Å². The van der Waals surface area contributed by atoms with Crippen LogP contribution in [0.3, 0.4) is 0 Å². The lowest BCUT2D eigenvalue weighted by Crippen LogP contribution is -1.99. The van der Waals surface area contributed by atoms with Crippen LogP contribution in [0, 0.1) is 6.92 Å². The summed E-state index contributed by atoms with van der Waals surface area (Å²) in [5.41, 5.74) is 11.0. The average molecular weight is 304 g/mol. The molecule has 0 unspecified atom stereocenters. The maximum Gasteiger partial charge on any atom is 0.122 e. The molecule has 0 aliphatic carbocycles. The molecule has 116 valence electrons. The summed E-state index contributed by atoms with van der Waals surface area (Å²) in [6.07, 6.45) is 0. The molecule has 3 rings (SSSR count). The van der Waals surface area contributed by atoms with Crippen molar-refractivity contribution in [2.75, 3.05) is 11.1 Å². The molecule has 0 saturated heterocycles. The maximum atomic E-state index is 6.13. The molecule has 3 aromatic carbocycles. The number of nitrogen functional groups attached to an aromatic ring is 1. The Morgan fingerprint density at radius 1 is 0.913 bits per heavy atom. The summed E-state index contributed by atoms with van der Waals surface area (Å²) in [7, 11) is 0. The number of aryl methyl sites for hydroxylation is 1. The summed E-state index contributed by atoms with van der Waals surface area (Å²) in [5, 5.41) is 3.33. The Kier molecular flexibility index (Phi) is 4.48. The van der Waals surface area contributed by atoms with E-state index >= 15 is 0 Å². The van der Waals surface area contributed by atoms with Crippen LogP contribution in [0.15, 0.2) is 72.8 Å².